The van der Waals surface area contributed by atoms with Crippen LogP contribution in [-0.2, 0) is 16.6 Å². The van der Waals surface area contributed by atoms with Crippen molar-refractivity contribution in [3.63, 3.8) is 0 Å². The SMILES string of the molecule is CCOC(=O)C1CCCC1NC(=O)c1cnc(N2CCN(C(=O)c3c(-c4ccccc4)n(C)c4ccc(C)cc34)CC2)cn1. The number of amides is 2. The second-order valence-corrected chi connectivity index (χ2v) is 11.6. The van der Waals surface area contributed by atoms with Crippen LogP contribution in [0.3, 0.4) is 0 Å². The fourth-order valence-corrected chi connectivity index (χ4v) is 6.51. The first-order chi connectivity index (χ1) is 21.4. The van der Waals surface area contributed by atoms with Crippen molar-refractivity contribution < 1.29 is 19.1 Å². The lowest BCUT2D eigenvalue weighted by Gasteiger charge is -2.35. The van der Waals surface area contributed by atoms with Crippen LogP contribution in [0.2, 0.25) is 0 Å². The largest absolute Gasteiger partial charge is 0.466 e. The minimum Gasteiger partial charge on any atom is -0.466 e. The van der Waals surface area contributed by atoms with Gasteiger partial charge in [0.1, 0.15) is 11.5 Å². The smallest absolute Gasteiger partial charge is 0.311 e. The van der Waals surface area contributed by atoms with Crippen molar-refractivity contribution in [2.24, 2.45) is 13.0 Å². The van der Waals surface area contributed by atoms with E-state index in [-0.39, 0.29) is 35.4 Å². The van der Waals surface area contributed by atoms with Crippen molar-refractivity contribution >= 4 is 34.5 Å². The number of aromatic nitrogens is 3. The summed E-state index contributed by atoms with van der Waals surface area (Å²) in [5.41, 5.74) is 5.00. The van der Waals surface area contributed by atoms with Crippen LogP contribution in [0.4, 0.5) is 5.82 Å². The molecule has 228 valence electrons. The van der Waals surface area contributed by atoms with Gasteiger partial charge in [0, 0.05) is 50.2 Å². The molecule has 0 bridgehead atoms. The first kappa shape index (κ1) is 29.3. The number of aryl methyl sites for hydroxylation is 2. The van der Waals surface area contributed by atoms with Crippen LogP contribution in [-0.4, -0.2) is 76.0 Å². The average molecular weight is 595 g/mol. The van der Waals surface area contributed by atoms with Gasteiger partial charge >= 0.3 is 5.97 Å². The van der Waals surface area contributed by atoms with Gasteiger partial charge in [-0.15, -0.1) is 0 Å². The molecule has 2 aromatic heterocycles. The van der Waals surface area contributed by atoms with Gasteiger partial charge in [0.05, 0.1) is 36.2 Å². The molecule has 10 nitrogen and oxygen atoms in total. The molecule has 1 N–H and O–H groups in total. The highest BCUT2D eigenvalue weighted by Crippen LogP contribution is 2.35. The predicted molar refractivity (Wildman–Crippen MR) is 168 cm³/mol. The number of hydrogen-bond acceptors (Lipinski definition) is 7. The minimum absolute atomic E-state index is 0.0193. The number of hydrogen-bond donors (Lipinski definition) is 1. The van der Waals surface area contributed by atoms with Crippen molar-refractivity contribution in [3.8, 4) is 11.3 Å². The van der Waals surface area contributed by atoms with Crippen LogP contribution < -0.4 is 10.2 Å². The van der Waals surface area contributed by atoms with Crippen LogP contribution in [0.5, 0.6) is 0 Å². The first-order valence-corrected chi connectivity index (χ1v) is 15.3. The Kier molecular flexibility index (Phi) is 8.32. The molecule has 2 unspecified atom stereocenters. The summed E-state index contributed by atoms with van der Waals surface area (Å²) in [6.07, 6.45) is 5.37. The zero-order valence-electron chi connectivity index (χ0n) is 25.5. The third-order valence-corrected chi connectivity index (χ3v) is 8.80. The molecule has 1 saturated heterocycles. The third-order valence-electron chi connectivity index (χ3n) is 8.80. The van der Waals surface area contributed by atoms with E-state index in [9.17, 15) is 14.4 Å². The Hall–Kier alpha value is -4.73. The summed E-state index contributed by atoms with van der Waals surface area (Å²) in [4.78, 5) is 52.2. The van der Waals surface area contributed by atoms with Gasteiger partial charge in [0.25, 0.3) is 11.8 Å². The average Bonchev–Trinajstić information content (AvgIpc) is 3.63. The monoisotopic (exact) mass is 594 g/mol. The Morgan fingerprint density at radius 3 is 2.45 bits per heavy atom. The van der Waals surface area contributed by atoms with Gasteiger partial charge in [0.2, 0.25) is 0 Å². The summed E-state index contributed by atoms with van der Waals surface area (Å²) in [7, 11) is 2.02. The molecule has 1 aliphatic heterocycles. The molecule has 0 spiro atoms. The predicted octanol–water partition coefficient (Wildman–Crippen LogP) is 4.37. The Balaban J connectivity index is 1.13. The Labute approximate surface area is 257 Å². The summed E-state index contributed by atoms with van der Waals surface area (Å²) < 4.78 is 7.29. The van der Waals surface area contributed by atoms with Crippen molar-refractivity contribution in [1.29, 1.82) is 0 Å². The lowest BCUT2D eigenvalue weighted by atomic mass is 10.0. The Morgan fingerprint density at radius 1 is 0.977 bits per heavy atom. The maximum Gasteiger partial charge on any atom is 0.311 e. The van der Waals surface area contributed by atoms with Gasteiger partial charge in [-0.25, -0.2) is 9.97 Å². The van der Waals surface area contributed by atoms with Crippen LogP contribution in [0.25, 0.3) is 22.2 Å². The summed E-state index contributed by atoms with van der Waals surface area (Å²) >= 11 is 0. The summed E-state index contributed by atoms with van der Waals surface area (Å²) in [5, 5.41) is 3.91. The van der Waals surface area contributed by atoms with Crippen molar-refractivity contribution in [2.45, 2.75) is 39.2 Å². The molecule has 1 aliphatic carbocycles. The summed E-state index contributed by atoms with van der Waals surface area (Å²) in [6.45, 7) is 6.42. The van der Waals surface area contributed by atoms with Crippen LogP contribution in [0, 0.1) is 12.8 Å². The van der Waals surface area contributed by atoms with E-state index in [1.165, 1.54) is 6.20 Å². The lowest BCUT2D eigenvalue weighted by molar-refractivity contribution is -0.148. The molecule has 2 atom stereocenters. The number of piperazine rings is 1. The molecule has 0 radical (unpaired) electrons. The van der Waals surface area contributed by atoms with Crippen molar-refractivity contribution in [1.82, 2.24) is 24.8 Å². The van der Waals surface area contributed by atoms with E-state index in [0.29, 0.717) is 45.0 Å². The van der Waals surface area contributed by atoms with Crippen LogP contribution in [0.15, 0.2) is 60.9 Å². The standard InChI is InChI=1S/C34H38N6O4/c1-4-44-34(43)24-11-8-12-26(24)37-32(41)27-20-36-29(21-35-27)39-15-17-40(18-16-39)33(42)30-25-19-22(2)13-14-28(25)38(3)31(30)23-9-6-5-7-10-23/h5-7,9-10,13-14,19-21,24,26H,4,8,11-12,15-18H2,1-3H3,(H,37,41). The number of nitrogens with one attached hydrogen (secondary N) is 1. The van der Waals surface area contributed by atoms with Gasteiger partial charge in [0.15, 0.2) is 0 Å². The van der Waals surface area contributed by atoms with Crippen molar-refractivity contribution in [2.75, 3.05) is 37.7 Å². The number of carbonyl (C=O) groups excluding carboxylic acids is 3. The van der Waals surface area contributed by atoms with Crippen LogP contribution in [0.1, 0.15) is 52.6 Å². The van der Waals surface area contributed by atoms with E-state index in [4.69, 9.17) is 4.74 Å². The van der Waals surface area contributed by atoms with E-state index in [1.54, 1.807) is 13.1 Å². The maximum atomic E-state index is 14.1. The van der Waals surface area contributed by atoms with Gasteiger partial charge < -0.3 is 24.4 Å². The molecule has 2 amide bonds. The normalized spacial score (nSPS) is 18.4. The van der Waals surface area contributed by atoms with Crippen LogP contribution >= 0.6 is 0 Å². The lowest BCUT2D eigenvalue weighted by Crippen LogP contribution is -2.49. The fourth-order valence-electron chi connectivity index (χ4n) is 6.51. The summed E-state index contributed by atoms with van der Waals surface area (Å²) in [5.74, 6) is -0.260. The second-order valence-electron chi connectivity index (χ2n) is 11.6. The number of ether oxygens (including phenoxy) is 1. The topological polar surface area (TPSA) is 110 Å². The van der Waals surface area contributed by atoms with Gasteiger partial charge in [-0.2, -0.15) is 0 Å². The molecule has 44 heavy (non-hydrogen) atoms. The zero-order chi connectivity index (χ0) is 30.8. The van der Waals surface area contributed by atoms with Gasteiger partial charge in [-0.3, -0.25) is 14.4 Å². The van der Waals surface area contributed by atoms with E-state index in [1.807, 2.05) is 49.2 Å². The molecule has 1 saturated carbocycles. The first-order valence-electron chi connectivity index (χ1n) is 15.3. The number of nitrogens with zero attached hydrogens (tertiary/aromatic N) is 5. The number of anilines is 1. The highest BCUT2D eigenvalue weighted by molar-refractivity contribution is 6.13. The molecule has 2 fully saturated rings. The quantitative estimate of drug-likeness (QED) is 0.317. The third kappa shape index (κ3) is 5.64. The Bertz CT molecular complexity index is 1680. The second kappa shape index (κ2) is 12.5. The molecule has 3 heterocycles. The molecular weight excluding hydrogens is 556 g/mol. The molecule has 10 heteroatoms. The number of benzene rings is 2. The molecule has 2 aromatic carbocycles. The van der Waals surface area contributed by atoms with E-state index >= 15 is 0 Å². The minimum atomic E-state index is -0.347. The fraction of sp³-hybridized carbons (Fsp3) is 0.382. The van der Waals surface area contributed by atoms with E-state index in [2.05, 4.69) is 43.0 Å². The van der Waals surface area contributed by atoms with Crippen molar-refractivity contribution in [3.05, 3.63) is 77.7 Å². The van der Waals surface area contributed by atoms with Gasteiger partial charge in [-0.1, -0.05) is 48.4 Å². The maximum absolute atomic E-state index is 14.1. The highest BCUT2D eigenvalue weighted by atomic mass is 16.5. The summed E-state index contributed by atoms with van der Waals surface area (Å²) in [6, 6.07) is 16.1. The number of fused-ring (bicyclic) bond motifs is 1. The van der Waals surface area contributed by atoms with Gasteiger partial charge in [-0.05, 0) is 44.4 Å². The Morgan fingerprint density at radius 2 is 1.75 bits per heavy atom. The number of esters is 1. The highest BCUT2D eigenvalue weighted by Gasteiger charge is 2.35. The molecular formula is C34H38N6O4. The molecule has 6 rings (SSSR count). The van der Waals surface area contributed by atoms with E-state index in [0.717, 1.165) is 46.1 Å². The number of rotatable bonds is 7. The van der Waals surface area contributed by atoms with E-state index < -0.39 is 0 Å². The number of carbonyl (C=O) groups is 3. The zero-order valence-corrected chi connectivity index (χ0v) is 25.5. The molecule has 4 aromatic rings. The molecule has 2 aliphatic rings.